The van der Waals surface area contributed by atoms with Crippen molar-refractivity contribution in [1.29, 1.82) is 0 Å². The lowest BCUT2D eigenvalue weighted by molar-refractivity contribution is 0.106. The number of carbonyl (C=O) groups is 1. The molecule has 0 aliphatic heterocycles. The van der Waals surface area contributed by atoms with Crippen LogP contribution in [0.5, 0.6) is 5.75 Å². The van der Waals surface area contributed by atoms with E-state index in [1.807, 2.05) is 13.8 Å². The number of methoxy groups -OCH3 is 1. The molecule has 0 saturated carbocycles. The van der Waals surface area contributed by atoms with E-state index in [0.717, 1.165) is 12.2 Å². The molecule has 0 aliphatic rings. The summed E-state index contributed by atoms with van der Waals surface area (Å²) in [4.78, 5) is 11.0. The summed E-state index contributed by atoms with van der Waals surface area (Å²) in [7, 11) is 1.32. The number of rotatable bonds is 5. The number of benzene rings is 1. The predicted octanol–water partition coefficient (Wildman–Crippen LogP) is 3.65. The van der Waals surface area contributed by atoms with E-state index in [9.17, 15) is 4.79 Å². The molecule has 0 fully saturated rings. The molecule has 1 amide bonds. The topological polar surface area (TPSA) is 47.6 Å². The Morgan fingerprint density at radius 1 is 1.33 bits per heavy atom. The standard InChI is InChI=1S/C13H18ClNO3/c1-13(2,8-9-14)18-11-6-4-10(5-7-11)15-12(16)17-3/h4-7H,8-9H2,1-3H3,(H,15,16). The molecule has 0 heterocycles. The van der Waals surface area contributed by atoms with Gasteiger partial charge in [0, 0.05) is 18.0 Å². The third kappa shape index (κ3) is 4.84. The van der Waals surface area contributed by atoms with Gasteiger partial charge in [-0.05, 0) is 38.1 Å². The minimum Gasteiger partial charge on any atom is -0.488 e. The minimum atomic E-state index is -0.494. The van der Waals surface area contributed by atoms with Crippen LogP contribution in [0.15, 0.2) is 24.3 Å². The highest BCUT2D eigenvalue weighted by molar-refractivity contribution is 6.17. The van der Waals surface area contributed by atoms with Gasteiger partial charge in [-0.2, -0.15) is 0 Å². The number of carbonyl (C=O) groups excluding carboxylic acids is 1. The summed E-state index contributed by atoms with van der Waals surface area (Å²) < 4.78 is 10.3. The van der Waals surface area contributed by atoms with Gasteiger partial charge in [0.15, 0.2) is 0 Å². The molecule has 0 radical (unpaired) electrons. The fraction of sp³-hybridized carbons (Fsp3) is 0.462. The number of nitrogens with one attached hydrogen (secondary N) is 1. The van der Waals surface area contributed by atoms with Gasteiger partial charge in [0.1, 0.15) is 11.4 Å². The summed E-state index contributed by atoms with van der Waals surface area (Å²) in [6, 6.07) is 7.09. The first kappa shape index (κ1) is 14.6. The second kappa shape index (κ2) is 6.50. The lowest BCUT2D eigenvalue weighted by Crippen LogP contribution is -2.28. The highest BCUT2D eigenvalue weighted by Gasteiger charge is 2.18. The highest BCUT2D eigenvalue weighted by atomic mass is 35.5. The molecule has 1 aromatic rings. The zero-order valence-corrected chi connectivity index (χ0v) is 11.6. The number of anilines is 1. The average Bonchev–Trinajstić information content (AvgIpc) is 2.31. The van der Waals surface area contributed by atoms with Gasteiger partial charge in [0.05, 0.1) is 7.11 Å². The Kier molecular flexibility index (Phi) is 5.28. The number of amides is 1. The molecular weight excluding hydrogens is 254 g/mol. The summed E-state index contributed by atoms with van der Waals surface area (Å²) in [6.07, 6.45) is 0.266. The lowest BCUT2D eigenvalue weighted by atomic mass is 10.1. The second-order valence-electron chi connectivity index (χ2n) is 4.44. The quantitative estimate of drug-likeness (QED) is 0.832. The molecule has 1 aromatic carbocycles. The Labute approximate surface area is 112 Å². The number of ether oxygens (including phenoxy) is 2. The van der Waals surface area contributed by atoms with Crippen LogP contribution in [-0.2, 0) is 4.74 Å². The molecule has 18 heavy (non-hydrogen) atoms. The van der Waals surface area contributed by atoms with Crippen molar-refractivity contribution in [2.75, 3.05) is 18.3 Å². The SMILES string of the molecule is COC(=O)Nc1ccc(OC(C)(C)CCCl)cc1. The van der Waals surface area contributed by atoms with Crippen molar-refractivity contribution < 1.29 is 14.3 Å². The lowest BCUT2D eigenvalue weighted by Gasteiger charge is -2.25. The fourth-order valence-electron chi connectivity index (χ4n) is 1.37. The molecule has 0 bridgehead atoms. The summed E-state index contributed by atoms with van der Waals surface area (Å²) in [6.45, 7) is 3.96. The molecule has 0 aliphatic carbocycles. The van der Waals surface area contributed by atoms with Crippen LogP contribution in [0.1, 0.15) is 20.3 Å². The Bertz CT molecular complexity index is 390. The summed E-state index contributed by atoms with van der Waals surface area (Å²) in [5, 5.41) is 2.57. The number of alkyl halides is 1. The maximum atomic E-state index is 11.0. The van der Waals surface area contributed by atoms with Crippen molar-refractivity contribution in [3.8, 4) is 5.75 Å². The van der Waals surface area contributed by atoms with Crippen molar-refractivity contribution in [2.24, 2.45) is 0 Å². The monoisotopic (exact) mass is 271 g/mol. The first-order chi connectivity index (χ1) is 8.46. The van der Waals surface area contributed by atoms with Crippen LogP contribution < -0.4 is 10.1 Å². The summed E-state index contributed by atoms with van der Waals surface area (Å²) in [5.74, 6) is 1.29. The molecule has 0 spiro atoms. The molecule has 100 valence electrons. The largest absolute Gasteiger partial charge is 0.488 e. The van der Waals surface area contributed by atoms with E-state index in [-0.39, 0.29) is 5.60 Å². The van der Waals surface area contributed by atoms with Crippen LogP contribution in [0.3, 0.4) is 0 Å². The van der Waals surface area contributed by atoms with Gasteiger partial charge in [-0.25, -0.2) is 4.79 Å². The predicted molar refractivity (Wildman–Crippen MR) is 72.5 cm³/mol. The molecule has 1 rings (SSSR count). The zero-order chi connectivity index (χ0) is 13.6. The van der Waals surface area contributed by atoms with E-state index in [1.165, 1.54) is 7.11 Å². The fourth-order valence-corrected chi connectivity index (χ4v) is 1.83. The Morgan fingerprint density at radius 2 is 1.94 bits per heavy atom. The van der Waals surface area contributed by atoms with Gasteiger partial charge in [-0.1, -0.05) is 0 Å². The highest BCUT2D eigenvalue weighted by Crippen LogP contribution is 2.23. The Hall–Kier alpha value is -1.42. The summed E-state index contributed by atoms with van der Waals surface area (Å²) in [5.41, 5.74) is 0.350. The van der Waals surface area contributed by atoms with Crippen LogP contribution in [0.25, 0.3) is 0 Å². The van der Waals surface area contributed by atoms with Gasteiger partial charge in [-0.15, -0.1) is 11.6 Å². The van der Waals surface area contributed by atoms with Gasteiger partial charge < -0.3 is 9.47 Å². The Morgan fingerprint density at radius 3 is 2.44 bits per heavy atom. The van der Waals surface area contributed by atoms with Crippen LogP contribution in [0, 0.1) is 0 Å². The van der Waals surface area contributed by atoms with Gasteiger partial charge in [-0.3, -0.25) is 5.32 Å². The minimum absolute atomic E-state index is 0.307. The van der Waals surface area contributed by atoms with Crippen molar-refractivity contribution in [3.05, 3.63) is 24.3 Å². The van der Waals surface area contributed by atoms with Crippen molar-refractivity contribution in [2.45, 2.75) is 25.9 Å². The average molecular weight is 272 g/mol. The molecule has 0 aromatic heterocycles. The van der Waals surface area contributed by atoms with Crippen LogP contribution >= 0.6 is 11.6 Å². The smallest absolute Gasteiger partial charge is 0.411 e. The molecule has 0 unspecified atom stereocenters. The zero-order valence-electron chi connectivity index (χ0n) is 10.8. The normalized spacial score (nSPS) is 10.9. The van der Waals surface area contributed by atoms with E-state index in [4.69, 9.17) is 16.3 Å². The maximum absolute atomic E-state index is 11.0. The van der Waals surface area contributed by atoms with Crippen LogP contribution in [-0.4, -0.2) is 24.7 Å². The summed E-state index contributed by atoms with van der Waals surface area (Å²) >= 11 is 5.71. The van der Waals surface area contributed by atoms with E-state index in [2.05, 4.69) is 10.1 Å². The third-order valence-corrected chi connectivity index (χ3v) is 2.57. The Balaban J connectivity index is 2.63. The number of halogens is 1. The molecular formula is C13H18ClNO3. The number of hydrogen-bond donors (Lipinski definition) is 1. The van der Waals surface area contributed by atoms with Gasteiger partial charge in [0.25, 0.3) is 0 Å². The van der Waals surface area contributed by atoms with Crippen molar-refractivity contribution in [3.63, 3.8) is 0 Å². The van der Waals surface area contributed by atoms with Crippen molar-refractivity contribution >= 4 is 23.4 Å². The van der Waals surface area contributed by atoms with E-state index in [1.54, 1.807) is 24.3 Å². The van der Waals surface area contributed by atoms with E-state index < -0.39 is 6.09 Å². The molecule has 1 N–H and O–H groups in total. The van der Waals surface area contributed by atoms with Gasteiger partial charge in [0.2, 0.25) is 0 Å². The molecule has 5 heteroatoms. The molecule has 4 nitrogen and oxygen atoms in total. The molecule has 0 saturated heterocycles. The molecule has 0 atom stereocenters. The number of hydrogen-bond acceptors (Lipinski definition) is 3. The maximum Gasteiger partial charge on any atom is 0.411 e. The van der Waals surface area contributed by atoms with Gasteiger partial charge >= 0.3 is 6.09 Å². The first-order valence-corrected chi connectivity index (χ1v) is 6.20. The van der Waals surface area contributed by atoms with E-state index in [0.29, 0.717) is 11.6 Å². The van der Waals surface area contributed by atoms with Crippen molar-refractivity contribution in [1.82, 2.24) is 0 Å². The first-order valence-electron chi connectivity index (χ1n) is 5.67. The second-order valence-corrected chi connectivity index (χ2v) is 4.82. The van der Waals surface area contributed by atoms with E-state index >= 15 is 0 Å². The third-order valence-electron chi connectivity index (χ3n) is 2.38. The van der Waals surface area contributed by atoms with Crippen LogP contribution in [0.4, 0.5) is 10.5 Å². The van der Waals surface area contributed by atoms with Crippen LogP contribution in [0.2, 0.25) is 0 Å².